The third kappa shape index (κ3) is 7.55. The van der Waals surface area contributed by atoms with E-state index >= 15 is 0 Å². The first-order valence-corrected chi connectivity index (χ1v) is 8.02. The number of rotatable bonds is 7. The van der Waals surface area contributed by atoms with Crippen LogP contribution in [0.4, 0.5) is 0 Å². The van der Waals surface area contributed by atoms with Crippen LogP contribution in [0.5, 0.6) is 5.75 Å². The molecule has 140 valence electrons. The molecule has 2 rings (SSSR count). The van der Waals surface area contributed by atoms with Crippen molar-refractivity contribution in [3.63, 3.8) is 0 Å². The smallest absolute Gasteiger partial charge is 0.119 e. The van der Waals surface area contributed by atoms with Crippen molar-refractivity contribution in [3.05, 3.63) is 29.3 Å². The fraction of sp³-hybridized carbons (Fsp3) is 0.647. The molecule has 7 heteroatoms. The van der Waals surface area contributed by atoms with E-state index in [4.69, 9.17) is 9.84 Å². The molecule has 0 spiro atoms. The van der Waals surface area contributed by atoms with Crippen LogP contribution >= 0.6 is 24.8 Å². The van der Waals surface area contributed by atoms with Gasteiger partial charge in [-0.2, -0.15) is 0 Å². The Balaban J connectivity index is 0.00000264. The fourth-order valence-corrected chi connectivity index (χ4v) is 2.68. The summed E-state index contributed by atoms with van der Waals surface area (Å²) in [4.78, 5) is 4.50. The minimum Gasteiger partial charge on any atom is -0.491 e. The Kier molecular flexibility index (Phi) is 11.6. The number of piperazine rings is 1. The van der Waals surface area contributed by atoms with E-state index in [1.165, 1.54) is 11.1 Å². The van der Waals surface area contributed by atoms with Crippen LogP contribution in [0.3, 0.4) is 0 Å². The zero-order valence-electron chi connectivity index (χ0n) is 14.5. The quantitative estimate of drug-likeness (QED) is 0.750. The summed E-state index contributed by atoms with van der Waals surface area (Å²) in [5.74, 6) is 0.815. The number of halogens is 2. The number of hydrogen-bond acceptors (Lipinski definition) is 5. The number of aliphatic hydroxyl groups excluding tert-OH is 2. The van der Waals surface area contributed by atoms with Crippen LogP contribution in [0.15, 0.2) is 18.2 Å². The van der Waals surface area contributed by atoms with Crippen molar-refractivity contribution in [2.75, 3.05) is 52.5 Å². The van der Waals surface area contributed by atoms with Crippen molar-refractivity contribution in [1.29, 1.82) is 0 Å². The summed E-state index contributed by atoms with van der Waals surface area (Å²) in [6.07, 6.45) is -0.481. The Morgan fingerprint density at radius 2 is 1.67 bits per heavy atom. The second kappa shape index (κ2) is 11.9. The van der Waals surface area contributed by atoms with Gasteiger partial charge in [0.25, 0.3) is 0 Å². The number of hydrogen-bond donors (Lipinski definition) is 2. The summed E-state index contributed by atoms with van der Waals surface area (Å²) in [5.41, 5.74) is 2.45. The molecule has 0 saturated carbocycles. The minimum atomic E-state index is -0.481. The predicted molar refractivity (Wildman–Crippen MR) is 102 cm³/mol. The minimum absolute atomic E-state index is 0. The van der Waals surface area contributed by atoms with Gasteiger partial charge in [-0.05, 0) is 37.1 Å². The first-order chi connectivity index (χ1) is 10.6. The molecule has 0 bridgehead atoms. The van der Waals surface area contributed by atoms with Gasteiger partial charge < -0.3 is 14.9 Å². The van der Waals surface area contributed by atoms with Crippen LogP contribution < -0.4 is 4.74 Å². The lowest BCUT2D eigenvalue weighted by Crippen LogP contribution is -2.49. The van der Waals surface area contributed by atoms with Crippen LogP contribution in [0, 0.1) is 13.8 Å². The third-order valence-corrected chi connectivity index (χ3v) is 4.27. The molecule has 1 aliphatic heterocycles. The summed E-state index contributed by atoms with van der Waals surface area (Å²) < 4.78 is 5.68. The number of β-amino-alcohol motifs (C(OH)–C–C–N with tert-alkyl or cyclic N) is 2. The summed E-state index contributed by atoms with van der Waals surface area (Å²) in [6, 6.07) is 6.00. The Morgan fingerprint density at radius 3 is 2.25 bits per heavy atom. The maximum atomic E-state index is 10.1. The van der Waals surface area contributed by atoms with Gasteiger partial charge >= 0.3 is 0 Å². The molecule has 1 saturated heterocycles. The molecule has 1 aliphatic rings. The van der Waals surface area contributed by atoms with Gasteiger partial charge in [-0.15, -0.1) is 24.8 Å². The molecule has 1 aromatic carbocycles. The van der Waals surface area contributed by atoms with Crippen LogP contribution in [0.2, 0.25) is 0 Å². The zero-order chi connectivity index (χ0) is 15.9. The summed E-state index contributed by atoms with van der Waals surface area (Å²) in [7, 11) is 0. The topological polar surface area (TPSA) is 56.2 Å². The maximum absolute atomic E-state index is 10.1. The molecule has 24 heavy (non-hydrogen) atoms. The molecule has 1 fully saturated rings. The Bertz CT molecular complexity index is 469. The predicted octanol–water partition coefficient (Wildman–Crippen LogP) is 1.50. The highest BCUT2D eigenvalue weighted by molar-refractivity contribution is 5.85. The van der Waals surface area contributed by atoms with E-state index in [2.05, 4.69) is 23.6 Å². The Labute approximate surface area is 157 Å². The maximum Gasteiger partial charge on any atom is 0.119 e. The number of nitrogens with zero attached hydrogens (tertiary/aromatic N) is 2. The van der Waals surface area contributed by atoms with E-state index in [-0.39, 0.29) is 31.4 Å². The van der Waals surface area contributed by atoms with Gasteiger partial charge in [-0.3, -0.25) is 9.80 Å². The average Bonchev–Trinajstić information content (AvgIpc) is 2.51. The van der Waals surface area contributed by atoms with Crippen LogP contribution in [-0.2, 0) is 0 Å². The Hall–Kier alpha value is -0.560. The van der Waals surface area contributed by atoms with Crippen molar-refractivity contribution in [2.45, 2.75) is 20.0 Å². The molecule has 1 atom stereocenters. The average molecular weight is 381 g/mol. The largest absolute Gasteiger partial charge is 0.491 e. The number of ether oxygens (including phenoxy) is 1. The molecule has 1 heterocycles. The van der Waals surface area contributed by atoms with Gasteiger partial charge in [0.05, 0.1) is 6.61 Å². The first-order valence-electron chi connectivity index (χ1n) is 8.02. The lowest BCUT2D eigenvalue weighted by Gasteiger charge is -2.35. The number of aliphatic hydroxyl groups is 2. The zero-order valence-corrected chi connectivity index (χ0v) is 16.1. The van der Waals surface area contributed by atoms with E-state index < -0.39 is 6.10 Å². The summed E-state index contributed by atoms with van der Waals surface area (Å²) >= 11 is 0. The van der Waals surface area contributed by atoms with Crippen LogP contribution in [0.1, 0.15) is 11.1 Å². The van der Waals surface area contributed by atoms with Crippen LogP contribution in [0.25, 0.3) is 0 Å². The highest BCUT2D eigenvalue weighted by Gasteiger charge is 2.19. The normalized spacial score (nSPS) is 16.8. The lowest BCUT2D eigenvalue weighted by molar-refractivity contribution is 0.0428. The highest BCUT2D eigenvalue weighted by atomic mass is 35.5. The lowest BCUT2D eigenvalue weighted by atomic mass is 10.1. The summed E-state index contributed by atoms with van der Waals surface area (Å²) in [5, 5.41) is 19.1. The van der Waals surface area contributed by atoms with Gasteiger partial charge in [0, 0.05) is 39.3 Å². The van der Waals surface area contributed by atoms with Crippen molar-refractivity contribution >= 4 is 24.8 Å². The molecule has 0 amide bonds. The molecule has 5 nitrogen and oxygen atoms in total. The van der Waals surface area contributed by atoms with E-state index in [1.54, 1.807) is 0 Å². The fourth-order valence-electron chi connectivity index (χ4n) is 2.68. The monoisotopic (exact) mass is 380 g/mol. The van der Waals surface area contributed by atoms with E-state index in [0.29, 0.717) is 13.2 Å². The van der Waals surface area contributed by atoms with Crippen molar-refractivity contribution in [2.24, 2.45) is 0 Å². The van der Waals surface area contributed by atoms with Crippen LogP contribution in [-0.4, -0.2) is 78.6 Å². The van der Waals surface area contributed by atoms with Gasteiger partial charge in [0.15, 0.2) is 0 Å². The molecule has 0 aliphatic carbocycles. The van der Waals surface area contributed by atoms with E-state index in [9.17, 15) is 5.11 Å². The molecule has 1 aromatic rings. The molecular weight excluding hydrogens is 351 g/mol. The number of aryl methyl sites for hydroxylation is 2. The van der Waals surface area contributed by atoms with Crippen molar-refractivity contribution < 1.29 is 14.9 Å². The van der Waals surface area contributed by atoms with Gasteiger partial charge in [0.2, 0.25) is 0 Å². The van der Waals surface area contributed by atoms with Gasteiger partial charge in [0.1, 0.15) is 18.5 Å². The molecule has 2 N–H and O–H groups in total. The summed E-state index contributed by atoms with van der Waals surface area (Å²) in [6.45, 7) is 9.81. The molecular formula is C17H30Cl2N2O3. The highest BCUT2D eigenvalue weighted by Crippen LogP contribution is 2.16. The number of benzene rings is 1. The van der Waals surface area contributed by atoms with Gasteiger partial charge in [-0.25, -0.2) is 0 Å². The Morgan fingerprint density at radius 1 is 1.04 bits per heavy atom. The molecule has 0 aromatic heterocycles. The molecule has 0 radical (unpaired) electrons. The van der Waals surface area contributed by atoms with Crippen molar-refractivity contribution in [1.82, 2.24) is 9.80 Å². The van der Waals surface area contributed by atoms with Gasteiger partial charge in [-0.1, -0.05) is 6.07 Å². The SMILES string of the molecule is Cc1ccc(OCC(O)CN2CCN(CCO)CC2)cc1C.Cl.Cl. The molecule has 1 unspecified atom stereocenters. The van der Waals surface area contributed by atoms with E-state index in [0.717, 1.165) is 38.5 Å². The third-order valence-electron chi connectivity index (χ3n) is 4.27. The second-order valence-corrected chi connectivity index (χ2v) is 6.08. The second-order valence-electron chi connectivity index (χ2n) is 6.08. The van der Waals surface area contributed by atoms with Crippen molar-refractivity contribution in [3.8, 4) is 5.75 Å². The van der Waals surface area contributed by atoms with E-state index in [1.807, 2.05) is 18.2 Å². The first kappa shape index (κ1) is 23.4. The standard InChI is InChI=1S/C17H28N2O3.2ClH/c1-14-3-4-17(11-15(14)2)22-13-16(21)12-19-7-5-18(6-8-19)9-10-20;;/h3-4,11,16,20-21H,5-10,12-13H2,1-2H3;2*1H.